The van der Waals surface area contributed by atoms with E-state index >= 15 is 0 Å². The summed E-state index contributed by atoms with van der Waals surface area (Å²) in [5.74, 6) is 0.125. The van der Waals surface area contributed by atoms with Crippen LogP contribution in [0.15, 0.2) is 35.2 Å². The van der Waals surface area contributed by atoms with Crippen LogP contribution in [-0.4, -0.2) is 28.9 Å². The minimum absolute atomic E-state index is 0.0209. The number of aldehydes is 1. The number of rotatable bonds is 6. The molecule has 0 saturated carbocycles. The van der Waals surface area contributed by atoms with Gasteiger partial charge in [-0.3, -0.25) is 4.79 Å². The predicted molar refractivity (Wildman–Crippen MR) is 88.7 cm³/mol. The third-order valence-corrected chi connectivity index (χ3v) is 4.73. The number of benzene rings is 2. The Morgan fingerprint density at radius 1 is 0.958 bits per heavy atom. The molecule has 0 unspecified atom stereocenters. The van der Waals surface area contributed by atoms with E-state index in [4.69, 9.17) is 13.7 Å². The van der Waals surface area contributed by atoms with Gasteiger partial charge in [-0.05, 0) is 37.6 Å². The highest BCUT2D eigenvalue weighted by Crippen LogP contribution is 2.42. The molecule has 2 rings (SSSR count). The number of carbonyl (C=O) groups is 1. The molecule has 0 spiro atoms. The number of hydrogen-bond donors (Lipinski definition) is 0. The summed E-state index contributed by atoms with van der Waals surface area (Å²) in [7, 11) is -1.38. The highest BCUT2D eigenvalue weighted by atomic mass is 32.2. The molecule has 6 nitrogen and oxygen atoms in total. The highest BCUT2D eigenvalue weighted by Gasteiger charge is 2.25. The van der Waals surface area contributed by atoms with Gasteiger partial charge < -0.3 is 13.7 Å². The second-order valence-electron chi connectivity index (χ2n) is 5.14. The lowest BCUT2D eigenvalue weighted by molar-refractivity contribution is 0.112. The van der Waals surface area contributed by atoms with Crippen LogP contribution >= 0.6 is 0 Å². The van der Waals surface area contributed by atoms with Crippen molar-refractivity contribution in [1.82, 2.24) is 0 Å². The first-order valence-corrected chi connectivity index (χ1v) is 8.46. The third-order valence-electron chi connectivity index (χ3n) is 3.49. The number of ether oxygens (including phenoxy) is 2. The topological polar surface area (TPSA) is 78.9 Å². The number of carbonyl (C=O) groups excluding carboxylic acids is 1. The van der Waals surface area contributed by atoms with Crippen LogP contribution in [0.1, 0.15) is 21.5 Å². The van der Waals surface area contributed by atoms with Crippen LogP contribution in [0.4, 0.5) is 0 Å². The zero-order valence-corrected chi connectivity index (χ0v) is 14.6. The van der Waals surface area contributed by atoms with Gasteiger partial charge in [-0.2, -0.15) is 8.42 Å². The smallest absolute Gasteiger partial charge is 0.339 e. The lowest BCUT2D eigenvalue weighted by Gasteiger charge is -2.17. The molecule has 128 valence electrons. The molecule has 0 heterocycles. The predicted octanol–water partition coefficient (Wildman–Crippen LogP) is 2.90. The maximum Gasteiger partial charge on any atom is 0.339 e. The average Bonchev–Trinajstić information content (AvgIpc) is 2.54. The molecule has 0 aliphatic carbocycles. The second-order valence-corrected chi connectivity index (χ2v) is 6.69. The van der Waals surface area contributed by atoms with Crippen molar-refractivity contribution in [3.63, 3.8) is 0 Å². The minimum atomic E-state index is -4.13. The molecule has 0 aromatic heterocycles. The van der Waals surface area contributed by atoms with Crippen molar-refractivity contribution in [2.24, 2.45) is 0 Å². The summed E-state index contributed by atoms with van der Waals surface area (Å²) >= 11 is 0. The van der Waals surface area contributed by atoms with Crippen LogP contribution in [0.5, 0.6) is 17.2 Å². The van der Waals surface area contributed by atoms with Crippen molar-refractivity contribution in [2.45, 2.75) is 18.7 Å². The maximum absolute atomic E-state index is 12.5. The quantitative estimate of drug-likeness (QED) is 0.589. The lowest BCUT2D eigenvalue weighted by atomic mass is 10.1. The normalized spacial score (nSPS) is 11.0. The Hall–Kier alpha value is -2.54. The summed E-state index contributed by atoms with van der Waals surface area (Å²) < 4.78 is 40.7. The van der Waals surface area contributed by atoms with E-state index in [1.807, 2.05) is 6.92 Å². The molecule has 0 saturated heterocycles. The van der Waals surface area contributed by atoms with Crippen molar-refractivity contribution in [1.29, 1.82) is 0 Å². The second kappa shape index (κ2) is 6.92. The van der Waals surface area contributed by atoms with Crippen LogP contribution in [-0.2, 0) is 10.1 Å². The van der Waals surface area contributed by atoms with Crippen LogP contribution < -0.4 is 13.7 Å². The van der Waals surface area contributed by atoms with Gasteiger partial charge in [0.05, 0.1) is 19.8 Å². The minimum Gasteiger partial charge on any atom is -0.493 e. The van der Waals surface area contributed by atoms with Gasteiger partial charge >= 0.3 is 10.1 Å². The fourth-order valence-electron chi connectivity index (χ4n) is 2.19. The Morgan fingerprint density at radius 3 is 2.08 bits per heavy atom. The SMILES string of the molecule is COc1cc(C)c(C=O)c(OS(=O)(=O)c2ccc(C)cc2)c1OC. The maximum atomic E-state index is 12.5. The third kappa shape index (κ3) is 3.35. The molecule has 2 aromatic rings. The molecule has 0 atom stereocenters. The van der Waals surface area contributed by atoms with E-state index in [2.05, 4.69) is 0 Å². The first-order valence-electron chi connectivity index (χ1n) is 7.06. The Labute approximate surface area is 141 Å². The molecular weight excluding hydrogens is 332 g/mol. The van der Waals surface area contributed by atoms with Gasteiger partial charge in [-0.1, -0.05) is 17.7 Å². The fraction of sp³-hybridized carbons (Fsp3) is 0.235. The molecule has 0 aliphatic heterocycles. The Morgan fingerprint density at radius 2 is 1.58 bits per heavy atom. The lowest BCUT2D eigenvalue weighted by Crippen LogP contribution is -2.13. The van der Waals surface area contributed by atoms with Gasteiger partial charge in [0.2, 0.25) is 5.75 Å². The number of methoxy groups -OCH3 is 2. The van der Waals surface area contributed by atoms with Crippen LogP contribution in [0.3, 0.4) is 0 Å². The van der Waals surface area contributed by atoms with E-state index in [-0.39, 0.29) is 27.7 Å². The Bertz CT molecular complexity index is 854. The molecule has 0 bridgehead atoms. The number of hydrogen-bond acceptors (Lipinski definition) is 6. The van der Waals surface area contributed by atoms with E-state index in [1.54, 1.807) is 25.1 Å². The fourth-order valence-corrected chi connectivity index (χ4v) is 3.14. The van der Waals surface area contributed by atoms with Crippen molar-refractivity contribution in [3.05, 3.63) is 47.0 Å². The monoisotopic (exact) mass is 350 g/mol. The molecule has 7 heteroatoms. The van der Waals surface area contributed by atoms with E-state index in [9.17, 15) is 13.2 Å². The van der Waals surface area contributed by atoms with Crippen molar-refractivity contribution in [2.75, 3.05) is 14.2 Å². The van der Waals surface area contributed by atoms with Crippen molar-refractivity contribution < 1.29 is 26.9 Å². The summed E-state index contributed by atoms with van der Waals surface area (Å²) in [6, 6.07) is 7.76. The first-order chi connectivity index (χ1) is 11.3. The van der Waals surface area contributed by atoms with Crippen LogP contribution in [0.25, 0.3) is 0 Å². The van der Waals surface area contributed by atoms with Gasteiger partial charge in [0.1, 0.15) is 4.90 Å². The van der Waals surface area contributed by atoms with E-state index in [0.717, 1.165) is 5.56 Å². The first kappa shape index (κ1) is 17.8. The zero-order chi connectivity index (χ0) is 17.9. The molecule has 2 aromatic carbocycles. The van der Waals surface area contributed by atoms with E-state index < -0.39 is 10.1 Å². The van der Waals surface area contributed by atoms with Gasteiger partial charge in [-0.15, -0.1) is 0 Å². The Balaban J connectivity index is 2.61. The summed E-state index contributed by atoms with van der Waals surface area (Å²) in [4.78, 5) is 11.4. The molecule has 24 heavy (non-hydrogen) atoms. The number of aryl methyl sites for hydroxylation is 2. The van der Waals surface area contributed by atoms with Crippen LogP contribution in [0.2, 0.25) is 0 Å². The largest absolute Gasteiger partial charge is 0.493 e. The molecular formula is C17H18O6S. The molecule has 0 fully saturated rings. The van der Waals surface area contributed by atoms with Crippen molar-refractivity contribution in [3.8, 4) is 17.2 Å². The summed E-state index contributed by atoms with van der Waals surface area (Å²) in [5, 5.41) is 0. The zero-order valence-electron chi connectivity index (χ0n) is 13.8. The Kier molecular flexibility index (Phi) is 5.14. The van der Waals surface area contributed by atoms with Gasteiger partial charge in [-0.25, -0.2) is 0 Å². The summed E-state index contributed by atoms with van der Waals surface area (Å²) in [6.07, 6.45) is 0.525. The van der Waals surface area contributed by atoms with Crippen LogP contribution in [0, 0.1) is 13.8 Å². The summed E-state index contributed by atoms with van der Waals surface area (Å²) in [6.45, 7) is 3.49. The standard InChI is InChI=1S/C17H18O6S/c1-11-5-7-13(8-6-11)24(19,20)23-16-14(10-18)12(2)9-15(21-3)17(16)22-4/h5-10H,1-4H3. The van der Waals surface area contributed by atoms with E-state index in [1.165, 1.54) is 26.4 Å². The van der Waals surface area contributed by atoms with Gasteiger partial charge in [0, 0.05) is 0 Å². The molecule has 0 N–H and O–H groups in total. The van der Waals surface area contributed by atoms with Gasteiger partial charge in [0.25, 0.3) is 0 Å². The average molecular weight is 350 g/mol. The summed E-state index contributed by atoms with van der Waals surface area (Å²) in [5.41, 5.74) is 1.51. The van der Waals surface area contributed by atoms with Crippen molar-refractivity contribution >= 4 is 16.4 Å². The molecule has 0 radical (unpaired) electrons. The van der Waals surface area contributed by atoms with Gasteiger partial charge in [0.15, 0.2) is 17.8 Å². The highest BCUT2D eigenvalue weighted by molar-refractivity contribution is 7.87. The van der Waals surface area contributed by atoms with E-state index in [0.29, 0.717) is 11.8 Å². The molecule has 0 aliphatic rings. The molecule has 0 amide bonds.